The molecule has 21 heavy (non-hydrogen) atoms. The zero-order valence-electron chi connectivity index (χ0n) is 12.1. The maximum Gasteiger partial charge on any atom is 0.257 e. The first-order valence-corrected chi connectivity index (χ1v) is 7.82. The minimum Gasteiger partial charge on any atom is -0.381 e. The molecule has 1 aromatic heterocycles. The predicted molar refractivity (Wildman–Crippen MR) is 75.2 cm³/mol. The second-order valence-electron chi connectivity index (χ2n) is 6.37. The molecule has 1 aromatic rings. The number of carbonyl (C=O) groups excluding carboxylic acids is 1. The molecule has 1 aliphatic carbocycles. The Morgan fingerprint density at radius 3 is 3.05 bits per heavy atom. The molecule has 6 nitrogen and oxygen atoms in total. The molecule has 1 N–H and O–H groups in total. The SMILES string of the molecule is O=C(c1cn[nH]c1[C@H]1CCOC1)N1CCOC2(CCC2)C1. The Hall–Kier alpha value is -1.40. The first-order valence-electron chi connectivity index (χ1n) is 7.82. The summed E-state index contributed by atoms with van der Waals surface area (Å²) in [5.74, 6) is 0.352. The summed E-state index contributed by atoms with van der Waals surface area (Å²) in [6.45, 7) is 3.48. The van der Waals surface area contributed by atoms with E-state index in [2.05, 4.69) is 10.2 Å². The van der Waals surface area contributed by atoms with Crippen LogP contribution in [-0.4, -0.2) is 59.5 Å². The predicted octanol–water partition coefficient (Wildman–Crippen LogP) is 1.31. The average molecular weight is 291 g/mol. The summed E-state index contributed by atoms with van der Waals surface area (Å²) in [7, 11) is 0. The van der Waals surface area contributed by atoms with Gasteiger partial charge in [-0.1, -0.05) is 0 Å². The molecular weight excluding hydrogens is 270 g/mol. The Morgan fingerprint density at radius 2 is 2.33 bits per heavy atom. The van der Waals surface area contributed by atoms with Gasteiger partial charge in [0.15, 0.2) is 0 Å². The first kappa shape index (κ1) is 13.3. The van der Waals surface area contributed by atoms with Crippen LogP contribution in [0.15, 0.2) is 6.20 Å². The fourth-order valence-electron chi connectivity index (χ4n) is 3.60. The van der Waals surface area contributed by atoms with Gasteiger partial charge in [-0.2, -0.15) is 5.10 Å². The number of ether oxygens (including phenoxy) is 2. The quantitative estimate of drug-likeness (QED) is 0.892. The highest BCUT2D eigenvalue weighted by Crippen LogP contribution is 2.38. The Bertz CT molecular complexity index is 532. The van der Waals surface area contributed by atoms with E-state index < -0.39 is 0 Å². The van der Waals surface area contributed by atoms with Crippen molar-refractivity contribution in [1.82, 2.24) is 15.1 Å². The molecular formula is C15H21N3O3. The van der Waals surface area contributed by atoms with Crippen molar-refractivity contribution in [2.24, 2.45) is 0 Å². The molecule has 1 atom stereocenters. The number of amides is 1. The third-order valence-electron chi connectivity index (χ3n) is 5.04. The Morgan fingerprint density at radius 1 is 1.43 bits per heavy atom. The van der Waals surface area contributed by atoms with Crippen molar-refractivity contribution in [2.45, 2.75) is 37.2 Å². The number of H-pyrrole nitrogens is 1. The van der Waals surface area contributed by atoms with Crippen LogP contribution in [0.2, 0.25) is 0 Å². The lowest BCUT2D eigenvalue weighted by Crippen LogP contribution is -2.57. The summed E-state index contributed by atoms with van der Waals surface area (Å²) in [5.41, 5.74) is 1.59. The number of aromatic amines is 1. The van der Waals surface area contributed by atoms with Crippen LogP contribution < -0.4 is 0 Å². The number of carbonyl (C=O) groups is 1. The van der Waals surface area contributed by atoms with Crippen molar-refractivity contribution >= 4 is 5.91 Å². The molecule has 0 unspecified atom stereocenters. The summed E-state index contributed by atoms with van der Waals surface area (Å²) in [5, 5.41) is 7.10. The van der Waals surface area contributed by atoms with Gasteiger partial charge < -0.3 is 14.4 Å². The van der Waals surface area contributed by atoms with Crippen molar-refractivity contribution in [2.75, 3.05) is 32.9 Å². The lowest BCUT2D eigenvalue weighted by atomic mass is 9.78. The van der Waals surface area contributed by atoms with Gasteiger partial charge in [0, 0.05) is 19.1 Å². The van der Waals surface area contributed by atoms with Crippen LogP contribution in [0, 0.1) is 0 Å². The van der Waals surface area contributed by atoms with Crippen LogP contribution in [-0.2, 0) is 9.47 Å². The second-order valence-corrected chi connectivity index (χ2v) is 6.37. The third-order valence-corrected chi connectivity index (χ3v) is 5.04. The average Bonchev–Trinajstić information content (AvgIpc) is 3.15. The van der Waals surface area contributed by atoms with Gasteiger partial charge in [-0.3, -0.25) is 9.89 Å². The monoisotopic (exact) mass is 291 g/mol. The summed E-state index contributed by atoms with van der Waals surface area (Å²) in [4.78, 5) is 14.8. The summed E-state index contributed by atoms with van der Waals surface area (Å²) < 4.78 is 11.3. The molecule has 1 amide bonds. The molecule has 1 spiro atoms. The number of rotatable bonds is 2. The molecule has 1 saturated carbocycles. The van der Waals surface area contributed by atoms with Crippen molar-refractivity contribution in [3.05, 3.63) is 17.5 Å². The zero-order chi connectivity index (χ0) is 14.3. The standard InChI is InChI=1S/C15H21N3O3/c19-14(18-5-7-21-15(10-18)3-1-4-15)12-8-16-17-13(12)11-2-6-20-9-11/h8,11H,1-7,9-10H2,(H,16,17)/t11-/m0/s1. The molecule has 2 saturated heterocycles. The van der Waals surface area contributed by atoms with Crippen LogP contribution >= 0.6 is 0 Å². The van der Waals surface area contributed by atoms with Gasteiger partial charge in [-0.05, 0) is 25.7 Å². The van der Waals surface area contributed by atoms with E-state index in [9.17, 15) is 4.79 Å². The maximum atomic E-state index is 12.8. The second kappa shape index (κ2) is 5.10. The highest BCUT2D eigenvalue weighted by molar-refractivity contribution is 5.95. The maximum absolute atomic E-state index is 12.8. The van der Waals surface area contributed by atoms with E-state index in [0.29, 0.717) is 25.3 Å². The van der Waals surface area contributed by atoms with Crippen molar-refractivity contribution in [3.8, 4) is 0 Å². The van der Waals surface area contributed by atoms with E-state index in [1.807, 2.05) is 4.90 Å². The molecule has 114 valence electrons. The van der Waals surface area contributed by atoms with Gasteiger partial charge in [0.1, 0.15) is 0 Å². The molecule has 4 rings (SSSR count). The highest BCUT2D eigenvalue weighted by Gasteiger charge is 2.43. The largest absolute Gasteiger partial charge is 0.381 e. The van der Waals surface area contributed by atoms with E-state index in [1.54, 1.807) is 6.20 Å². The van der Waals surface area contributed by atoms with Gasteiger partial charge in [0.2, 0.25) is 0 Å². The van der Waals surface area contributed by atoms with Crippen molar-refractivity contribution < 1.29 is 14.3 Å². The molecule has 0 aromatic carbocycles. The van der Waals surface area contributed by atoms with E-state index in [0.717, 1.165) is 38.1 Å². The first-order chi connectivity index (χ1) is 10.3. The molecule has 3 heterocycles. The van der Waals surface area contributed by atoms with E-state index >= 15 is 0 Å². The third kappa shape index (κ3) is 2.26. The fraction of sp³-hybridized carbons (Fsp3) is 0.733. The van der Waals surface area contributed by atoms with Crippen LogP contribution in [0.5, 0.6) is 0 Å². The van der Waals surface area contributed by atoms with Crippen molar-refractivity contribution in [1.29, 1.82) is 0 Å². The Labute approximate surface area is 123 Å². The number of hydrogen-bond acceptors (Lipinski definition) is 4. The van der Waals surface area contributed by atoms with Gasteiger partial charge in [0.05, 0.1) is 42.8 Å². The van der Waals surface area contributed by atoms with Gasteiger partial charge >= 0.3 is 0 Å². The Kier molecular flexibility index (Phi) is 3.23. The van der Waals surface area contributed by atoms with E-state index in [-0.39, 0.29) is 17.4 Å². The van der Waals surface area contributed by atoms with E-state index in [1.165, 1.54) is 6.42 Å². The molecule has 0 bridgehead atoms. The topological polar surface area (TPSA) is 67.5 Å². The number of aromatic nitrogens is 2. The van der Waals surface area contributed by atoms with Crippen molar-refractivity contribution in [3.63, 3.8) is 0 Å². The zero-order valence-corrected chi connectivity index (χ0v) is 12.1. The number of nitrogens with one attached hydrogen (secondary N) is 1. The normalized spacial score (nSPS) is 27.8. The van der Waals surface area contributed by atoms with Crippen LogP contribution in [0.3, 0.4) is 0 Å². The van der Waals surface area contributed by atoms with Crippen LogP contribution in [0.4, 0.5) is 0 Å². The molecule has 0 radical (unpaired) electrons. The molecule has 3 aliphatic rings. The minimum atomic E-state index is -0.0612. The lowest BCUT2D eigenvalue weighted by molar-refractivity contribution is -0.142. The molecule has 3 fully saturated rings. The van der Waals surface area contributed by atoms with E-state index in [4.69, 9.17) is 9.47 Å². The highest BCUT2D eigenvalue weighted by atomic mass is 16.5. The smallest absolute Gasteiger partial charge is 0.257 e. The number of hydrogen-bond donors (Lipinski definition) is 1. The number of morpholine rings is 1. The number of nitrogens with zero attached hydrogens (tertiary/aromatic N) is 2. The summed E-state index contributed by atoms with van der Waals surface area (Å²) in [6, 6.07) is 0. The minimum absolute atomic E-state index is 0.0612. The van der Waals surface area contributed by atoms with Crippen LogP contribution in [0.1, 0.15) is 47.7 Å². The fourth-order valence-corrected chi connectivity index (χ4v) is 3.60. The summed E-state index contributed by atoms with van der Waals surface area (Å²) >= 11 is 0. The lowest BCUT2D eigenvalue weighted by Gasteiger charge is -2.48. The molecule has 2 aliphatic heterocycles. The summed E-state index contributed by atoms with van der Waals surface area (Å²) in [6.07, 6.45) is 5.98. The van der Waals surface area contributed by atoms with Gasteiger partial charge in [0.25, 0.3) is 5.91 Å². The van der Waals surface area contributed by atoms with Gasteiger partial charge in [-0.15, -0.1) is 0 Å². The Balaban J connectivity index is 1.53. The van der Waals surface area contributed by atoms with Gasteiger partial charge in [-0.25, -0.2) is 0 Å². The van der Waals surface area contributed by atoms with Crippen LogP contribution in [0.25, 0.3) is 0 Å². The molecule has 6 heteroatoms.